The predicted molar refractivity (Wildman–Crippen MR) is 242 cm³/mol. The molecule has 4 aliphatic carbocycles. The number of aryl methyl sites for hydroxylation is 1. The summed E-state index contributed by atoms with van der Waals surface area (Å²) in [5.74, 6) is -1.22. The van der Waals surface area contributed by atoms with Gasteiger partial charge in [0.1, 0.15) is 0 Å². The minimum atomic E-state index is -1.13. The molecule has 350 valence electrons. The molecule has 2 aromatic carbocycles. The molecule has 4 bridgehead atoms. The highest BCUT2D eigenvalue weighted by atomic mass is 16.7. The van der Waals surface area contributed by atoms with E-state index in [4.69, 9.17) is 18.9 Å². The van der Waals surface area contributed by atoms with E-state index in [0.717, 1.165) is 99.5 Å². The molecule has 4 aliphatic heterocycles. The summed E-state index contributed by atoms with van der Waals surface area (Å²) in [6.07, 6.45) is 11.6. The number of piperidine rings is 1. The molecule has 0 unspecified atom stereocenters. The smallest absolute Gasteiger partial charge is 0.261 e. The first-order valence-electron chi connectivity index (χ1n) is 24.6. The van der Waals surface area contributed by atoms with E-state index in [1.165, 1.54) is 11.3 Å². The number of amides is 2. The minimum Gasteiger partial charge on any atom is -0.393 e. The number of unbranched alkanes of at least 4 members (excludes halogenated alkanes) is 3. The highest BCUT2D eigenvalue weighted by molar-refractivity contribution is 6.26. The van der Waals surface area contributed by atoms with E-state index in [2.05, 4.69) is 35.6 Å². The molecule has 11 rings (SSSR count). The number of hydrogen-bond acceptors (Lipinski definition) is 12. The maximum atomic E-state index is 14.0. The van der Waals surface area contributed by atoms with Crippen molar-refractivity contribution in [3.05, 3.63) is 65.5 Å². The van der Waals surface area contributed by atoms with Gasteiger partial charge in [0.05, 0.1) is 68.9 Å². The second kappa shape index (κ2) is 17.9. The lowest BCUT2D eigenvalue weighted by Crippen LogP contribution is -2.78. The van der Waals surface area contributed by atoms with Crippen LogP contribution in [0.4, 0.5) is 5.69 Å². The number of hydrogen-bond donors (Lipinski definition) is 2. The van der Waals surface area contributed by atoms with Crippen molar-refractivity contribution in [2.45, 2.75) is 128 Å². The molecule has 4 saturated carbocycles. The third-order valence-electron chi connectivity index (χ3n) is 16.9. The van der Waals surface area contributed by atoms with Gasteiger partial charge in [-0.1, -0.05) is 57.0 Å². The van der Waals surface area contributed by atoms with Crippen LogP contribution in [-0.2, 0) is 36.7 Å². The lowest BCUT2D eigenvalue weighted by molar-refractivity contribution is -0.402. The van der Waals surface area contributed by atoms with Crippen LogP contribution in [0.2, 0.25) is 0 Å². The quantitative estimate of drug-likeness (QED) is 0.0834. The Labute approximate surface area is 382 Å². The number of Topliss-reactive ketones (excluding diaryl/α,β-unsaturated/α-hetero) is 1. The summed E-state index contributed by atoms with van der Waals surface area (Å²) in [6, 6.07) is 9.67. The van der Waals surface area contributed by atoms with Crippen molar-refractivity contribution in [1.29, 1.82) is 0 Å². The van der Waals surface area contributed by atoms with Crippen LogP contribution in [-0.4, -0.2) is 125 Å². The number of rotatable bonds is 18. The molecular formula is C51H67N5O9. The molecule has 2 spiro atoms. The number of fused-ring (bicyclic) bond motifs is 2. The summed E-state index contributed by atoms with van der Waals surface area (Å²) < 4.78 is 26.8. The Morgan fingerprint density at radius 2 is 1.60 bits per heavy atom. The fourth-order valence-corrected chi connectivity index (χ4v) is 14.0. The molecule has 1 aromatic heterocycles. The fourth-order valence-electron chi connectivity index (χ4n) is 14.0. The van der Waals surface area contributed by atoms with E-state index < -0.39 is 47.3 Å². The number of aliphatic hydroxyl groups excluding tert-OH is 2. The molecule has 2 N–H and O–H groups in total. The van der Waals surface area contributed by atoms with Crippen molar-refractivity contribution < 1.29 is 43.5 Å². The molecular weight excluding hydrogens is 827 g/mol. The van der Waals surface area contributed by atoms with Gasteiger partial charge in [0, 0.05) is 70.7 Å². The molecule has 7 fully saturated rings. The molecule has 9 atom stereocenters. The summed E-state index contributed by atoms with van der Waals surface area (Å²) in [6.45, 7) is 13.4. The van der Waals surface area contributed by atoms with Crippen molar-refractivity contribution in [2.24, 2.45) is 34.0 Å². The number of nitrogens with zero attached hydrogens (tertiary/aromatic N) is 5. The Balaban J connectivity index is 0.622. The first-order chi connectivity index (χ1) is 31.5. The summed E-state index contributed by atoms with van der Waals surface area (Å²) in [4.78, 5) is 44.7. The van der Waals surface area contributed by atoms with Crippen LogP contribution >= 0.6 is 0 Å². The van der Waals surface area contributed by atoms with Crippen molar-refractivity contribution in [3.63, 3.8) is 0 Å². The molecule has 14 nitrogen and oxygen atoms in total. The average molecular weight is 894 g/mol. The number of benzene rings is 2. The van der Waals surface area contributed by atoms with Crippen LogP contribution in [0.3, 0.4) is 0 Å². The zero-order valence-corrected chi connectivity index (χ0v) is 38.3. The lowest BCUT2D eigenvalue weighted by Gasteiger charge is -2.72. The number of ether oxygens (including phenoxy) is 4. The van der Waals surface area contributed by atoms with Gasteiger partial charge in [-0.2, -0.15) is 0 Å². The monoisotopic (exact) mass is 893 g/mol. The zero-order chi connectivity index (χ0) is 45.1. The van der Waals surface area contributed by atoms with Gasteiger partial charge in [0.25, 0.3) is 11.8 Å². The second-order valence-corrected chi connectivity index (χ2v) is 20.7. The number of anilines is 1. The third-order valence-corrected chi connectivity index (χ3v) is 16.9. The molecule has 14 heteroatoms. The normalized spacial score (nSPS) is 32.4. The van der Waals surface area contributed by atoms with Gasteiger partial charge in [-0.25, -0.2) is 4.68 Å². The Morgan fingerprint density at radius 1 is 0.846 bits per heavy atom. The van der Waals surface area contributed by atoms with Crippen LogP contribution in [0.15, 0.2) is 48.7 Å². The van der Waals surface area contributed by atoms with Crippen molar-refractivity contribution in [1.82, 2.24) is 19.9 Å². The summed E-state index contributed by atoms with van der Waals surface area (Å²) in [5.41, 5.74) is 1.99. The van der Waals surface area contributed by atoms with E-state index in [0.29, 0.717) is 62.5 Å². The average Bonchev–Trinajstić information content (AvgIpc) is 3.80. The second-order valence-electron chi connectivity index (χ2n) is 20.7. The van der Waals surface area contributed by atoms with Gasteiger partial charge in [-0.15, -0.1) is 5.10 Å². The van der Waals surface area contributed by atoms with Gasteiger partial charge >= 0.3 is 0 Å². The van der Waals surface area contributed by atoms with Gasteiger partial charge < -0.3 is 34.1 Å². The molecule has 3 aromatic rings. The van der Waals surface area contributed by atoms with E-state index in [-0.39, 0.29) is 42.1 Å². The maximum absolute atomic E-state index is 14.0. The van der Waals surface area contributed by atoms with Crippen LogP contribution in [0.5, 0.6) is 0 Å². The van der Waals surface area contributed by atoms with Gasteiger partial charge in [-0.3, -0.25) is 19.3 Å². The SMILES string of the molecule is C=C1C(=O)[C@]23[C@H](O)[C@H]1C[C@H](O)[C@H]2[C@]12CCCC(C)(C)[C@H]1C[C@H]3O[C@H]2OCCCCCCc1cn(CCOCCOCCN2C(=O)c3cccc4c(N5CCCCC5)ccc(c34)C2=O)nn1. The number of carbonyl (C=O) groups excluding carboxylic acids is 3. The third kappa shape index (κ3) is 7.40. The van der Waals surface area contributed by atoms with Crippen LogP contribution < -0.4 is 4.90 Å². The molecule has 2 amide bonds. The van der Waals surface area contributed by atoms with Crippen molar-refractivity contribution >= 4 is 34.1 Å². The largest absolute Gasteiger partial charge is 0.393 e. The lowest BCUT2D eigenvalue weighted by atomic mass is 9.37. The number of aliphatic hydroxyl groups is 2. The molecule has 0 radical (unpaired) electrons. The van der Waals surface area contributed by atoms with Crippen molar-refractivity contribution in [3.8, 4) is 0 Å². The Morgan fingerprint density at radius 3 is 2.40 bits per heavy atom. The van der Waals surface area contributed by atoms with E-state index >= 15 is 0 Å². The van der Waals surface area contributed by atoms with Gasteiger partial charge in [0.15, 0.2) is 12.1 Å². The highest BCUT2D eigenvalue weighted by Gasteiger charge is 2.81. The van der Waals surface area contributed by atoms with Crippen LogP contribution in [0, 0.1) is 34.0 Å². The molecule has 8 aliphatic rings. The van der Waals surface area contributed by atoms with E-state index in [9.17, 15) is 24.6 Å². The number of aromatic nitrogens is 3. The number of carbonyl (C=O) groups is 3. The van der Waals surface area contributed by atoms with Crippen LogP contribution in [0.1, 0.15) is 117 Å². The maximum Gasteiger partial charge on any atom is 0.261 e. The Kier molecular flexibility index (Phi) is 12.3. The number of ketones is 1. The summed E-state index contributed by atoms with van der Waals surface area (Å²) in [5, 5.41) is 33.9. The Bertz CT molecular complexity index is 2280. The molecule has 5 heterocycles. The van der Waals surface area contributed by atoms with E-state index in [1.54, 1.807) is 4.68 Å². The molecule has 3 saturated heterocycles. The predicted octanol–water partition coefficient (Wildman–Crippen LogP) is 6.30. The zero-order valence-electron chi connectivity index (χ0n) is 38.3. The summed E-state index contributed by atoms with van der Waals surface area (Å²) in [7, 11) is 0. The Hall–Kier alpha value is -4.05. The number of imide groups is 1. The molecule has 65 heavy (non-hydrogen) atoms. The van der Waals surface area contributed by atoms with Crippen LogP contribution in [0.25, 0.3) is 10.8 Å². The van der Waals surface area contributed by atoms with Gasteiger partial charge in [0.2, 0.25) is 0 Å². The first kappa shape index (κ1) is 44.8. The highest BCUT2D eigenvalue weighted by Crippen LogP contribution is 2.75. The summed E-state index contributed by atoms with van der Waals surface area (Å²) >= 11 is 0. The fraction of sp³-hybridized carbons (Fsp3) is 0.667. The van der Waals surface area contributed by atoms with Gasteiger partial charge in [-0.05, 0) is 99.3 Å². The first-order valence-corrected chi connectivity index (χ1v) is 24.6. The standard InChI is InChI=1S/C51H67N5O9/c1-32-37-29-39(57)43-50-19-12-18-49(2,3)40(50)30-41(51(43,44(32)58)45(37)59)65-48(50)64-24-10-5-4-7-13-33-31-55(53-52-33)22-25-62-27-28-63-26-23-56-46(60)35-15-11-14-34-38(54-20-8-6-9-21-54)17-16-36(42(34)35)47(56)61/h11,14-17,31,37,39-41,43,45,48,57,59H,1,4-10,12-13,18-30H2,2-3H3/t37-,39-,40+,41+,43-,45+,48+,50-,51+/m0/s1. The topological polar surface area (TPSA) is 166 Å². The van der Waals surface area contributed by atoms with E-state index in [1.807, 2.05) is 36.5 Å². The minimum absolute atomic E-state index is 0.0131. The van der Waals surface area contributed by atoms with Crippen molar-refractivity contribution in [2.75, 3.05) is 57.6 Å².